The van der Waals surface area contributed by atoms with Crippen LogP contribution in [0.5, 0.6) is 0 Å². The molecule has 0 radical (unpaired) electrons. The van der Waals surface area contributed by atoms with Crippen LogP contribution in [0.2, 0.25) is 0 Å². The van der Waals surface area contributed by atoms with Crippen molar-refractivity contribution >= 4 is 23.6 Å². The first kappa shape index (κ1) is 15.7. The molecule has 0 fully saturated rings. The van der Waals surface area contributed by atoms with E-state index in [4.69, 9.17) is 4.74 Å². The largest absolute Gasteiger partial charge is 0.462 e. The summed E-state index contributed by atoms with van der Waals surface area (Å²) in [6.45, 7) is 3.59. The number of thioether (sulfide) groups is 1. The molecule has 2 heterocycles. The average Bonchev–Trinajstić information content (AvgIpc) is 3.00. The Morgan fingerprint density at radius 2 is 2.09 bits per heavy atom. The molecule has 0 saturated heterocycles. The van der Waals surface area contributed by atoms with Gasteiger partial charge in [-0.05, 0) is 31.5 Å². The molecule has 4 nitrogen and oxygen atoms in total. The number of rotatable bonds is 3. The fraction of sp³-hybridized carbons (Fsp3) is 0.250. The third-order valence-corrected chi connectivity index (χ3v) is 4.72. The van der Waals surface area contributed by atoms with E-state index in [9.17, 15) is 18.4 Å². The number of aromatic nitrogens is 1. The molecular formula is C16H13F2NO3S. The molecule has 0 aliphatic carbocycles. The Morgan fingerprint density at radius 3 is 2.74 bits per heavy atom. The van der Waals surface area contributed by atoms with Crippen molar-refractivity contribution in [2.24, 2.45) is 0 Å². The minimum absolute atomic E-state index is 0.163. The van der Waals surface area contributed by atoms with Gasteiger partial charge in [-0.1, -0.05) is 17.8 Å². The van der Waals surface area contributed by atoms with Gasteiger partial charge in [-0.3, -0.25) is 9.36 Å². The molecule has 120 valence electrons. The van der Waals surface area contributed by atoms with Gasteiger partial charge in [-0.25, -0.2) is 13.6 Å². The molecule has 1 aromatic heterocycles. The highest BCUT2D eigenvalue weighted by Crippen LogP contribution is 2.41. The van der Waals surface area contributed by atoms with Crippen molar-refractivity contribution in [1.82, 2.24) is 4.57 Å². The summed E-state index contributed by atoms with van der Waals surface area (Å²) < 4.78 is 33.1. The molecule has 23 heavy (non-hydrogen) atoms. The van der Waals surface area contributed by atoms with Gasteiger partial charge in [0, 0.05) is 11.8 Å². The lowest BCUT2D eigenvalue weighted by atomic mass is 10.0. The number of hydrogen-bond donors (Lipinski definition) is 0. The molecule has 1 aliphatic heterocycles. The average molecular weight is 337 g/mol. The third-order valence-electron chi connectivity index (χ3n) is 3.54. The summed E-state index contributed by atoms with van der Waals surface area (Å²) in [7, 11) is 0. The highest BCUT2D eigenvalue weighted by Gasteiger charge is 2.35. The lowest BCUT2D eigenvalue weighted by Crippen LogP contribution is -2.12. The Labute approximate surface area is 135 Å². The Hall–Kier alpha value is -2.15. The molecule has 2 aromatic rings. The van der Waals surface area contributed by atoms with Crippen molar-refractivity contribution in [2.75, 3.05) is 6.61 Å². The summed E-state index contributed by atoms with van der Waals surface area (Å²) >= 11 is 1.25. The topological polar surface area (TPSA) is 48.3 Å². The second-order valence-corrected chi connectivity index (χ2v) is 6.37. The van der Waals surface area contributed by atoms with Crippen LogP contribution in [-0.2, 0) is 4.74 Å². The van der Waals surface area contributed by atoms with Crippen molar-refractivity contribution in [3.8, 4) is 11.1 Å². The maximum absolute atomic E-state index is 13.5. The molecule has 0 saturated carbocycles. The van der Waals surface area contributed by atoms with E-state index in [2.05, 4.69) is 0 Å². The highest BCUT2D eigenvalue weighted by molar-refractivity contribution is 8.01. The van der Waals surface area contributed by atoms with Crippen molar-refractivity contribution in [2.45, 2.75) is 24.1 Å². The highest BCUT2D eigenvalue weighted by atomic mass is 32.2. The van der Waals surface area contributed by atoms with Gasteiger partial charge >= 0.3 is 5.97 Å². The van der Waals surface area contributed by atoms with Gasteiger partial charge in [0.1, 0.15) is 0 Å². The lowest BCUT2D eigenvalue weighted by Gasteiger charge is -2.07. The molecule has 0 unspecified atom stereocenters. The molecule has 7 heteroatoms. The molecular weight excluding hydrogens is 324 g/mol. The summed E-state index contributed by atoms with van der Waals surface area (Å²) in [6, 6.07) is 3.35. The first-order valence-electron chi connectivity index (χ1n) is 7.02. The van der Waals surface area contributed by atoms with Crippen molar-refractivity contribution in [1.29, 1.82) is 0 Å². The van der Waals surface area contributed by atoms with Gasteiger partial charge in [0.15, 0.2) is 11.6 Å². The van der Waals surface area contributed by atoms with Crippen molar-refractivity contribution in [3.05, 3.63) is 41.6 Å². The van der Waals surface area contributed by atoms with Crippen LogP contribution in [-0.4, -0.2) is 28.3 Å². The van der Waals surface area contributed by atoms with Crippen LogP contribution in [0.1, 0.15) is 29.0 Å². The molecule has 0 N–H and O–H groups in total. The van der Waals surface area contributed by atoms with Gasteiger partial charge in [0.25, 0.3) is 0 Å². The quantitative estimate of drug-likeness (QED) is 0.801. The zero-order chi connectivity index (χ0) is 16.7. The number of hydrogen-bond acceptors (Lipinski definition) is 4. The van der Waals surface area contributed by atoms with E-state index in [1.165, 1.54) is 28.6 Å². The van der Waals surface area contributed by atoms with Crippen LogP contribution in [0.4, 0.5) is 8.78 Å². The first-order chi connectivity index (χ1) is 10.9. The standard InChI is InChI=1S/C16H13F2NO3S/c1-3-22-16(21)13-10(9-4-5-11(17)12(18)6-9)7-19-14(20)8(2)23-15(13)19/h4-8H,3H2,1-2H3/t8-/m1/s1. The predicted molar refractivity (Wildman–Crippen MR) is 81.7 cm³/mol. The van der Waals surface area contributed by atoms with Gasteiger partial charge in [-0.15, -0.1) is 0 Å². The normalized spacial score (nSPS) is 16.5. The molecule has 0 bridgehead atoms. The maximum Gasteiger partial charge on any atom is 0.341 e. The lowest BCUT2D eigenvalue weighted by molar-refractivity contribution is 0.0523. The fourth-order valence-corrected chi connectivity index (χ4v) is 3.58. The zero-order valence-corrected chi connectivity index (χ0v) is 13.2. The Balaban J connectivity index is 2.19. The van der Waals surface area contributed by atoms with E-state index >= 15 is 0 Å². The Bertz CT molecular complexity index is 816. The number of carbonyl (C=O) groups excluding carboxylic acids is 2. The molecule has 3 rings (SSSR count). The SMILES string of the molecule is CCOC(=O)c1c(-c2ccc(F)c(F)c2)cn2c1S[C@H](C)C2=O. The number of carbonyl (C=O) groups is 2. The predicted octanol–water partition coefficient (Wildman–Crippen LogP) is 3.74. The second kappa shape index (κ2) is 5.81. The van der Waals surface area contributed by atoms with Crippen LogP contribution >= 0.6 is 11.8 Å². The number of fused-ring (bicyclic) bond motifs is 1. The molecule has 1 aromatic carbocycles. The van der Waals surface area contributed by atoms with Crippen LogP contribution in [0.15, 0.2) is 29.4 Å². The van der Waals surface area contributed by atoms with E-state index in [0.29, 0.717) is 16.2 Å². The van der Waals surface area contributed by atoms with Gasteiger partial charge in [-0.2, -0.15) is 0 Å². The molecule has 1 atom stereocenters. The summed E-state index contributed by atoms with van der Waals surface area (Å²) in [6.07, 6.45) is 1.48. The Kier molecular flexibility index (Phi) is 3.97. The molecule has 1 aliphatic rings. The van der Waals surface area contributed by atoms with E-state index in [0.717, 1.165) is 12.1 Å². The minimum atomic E-state index is -1.02. The minimum Gasteiger partial charge on any atom is -0.462 e. The summed E-state index contributed by atoms with van der Waals surface area (Å²) in [5.41, 5.74) is 0.876. The summed E-state index contributed by atoms with van der Waals surface area (Å²) in [5, 5.41) is 0.165. The number of nitrogens with zero attached hydrogens (tertiary/aromatic N) is 1. The molecule has 0 amide bonds. The van der Waals surface area contributed by atoms with E-state index in [1.54, 1.807) is 13.8 Å². The van der Waals surface area contributed by atoms with Crippen LogP contribution in [0, 0.1) is 11.6 Å². The number of halogens is 2. The monoisotopic (exact) mass is 337 g/mol. The first-order valence-corrected chi connectivity index (χ1v) is 7.90. The van der Waals surface area contributed by atoms with Gasteiger partial charge in [0.05, 0.1) is 22.4 Å². The maximum atomic E-state index is 13.5. The van der Waals surface area contributed by atoms with Crippen LogP contribution in [0.25, 0.3) is 11.1 Å². The van der Waals surface area contributed by atoms with E-state index in [-0.39, 0.29) is 23.3 Å². The van der Waals surface area contributed by atoms with Crippen molar-refractivity contribution in [3.63, 3.8) is 0 Å². The van der Waals surface area contributed by atoms with E-state index in [1.807, 2.05) is 0 Å². The van der Waals surface area contributed by atoms with Crippen molar-refractivity contribution < 1.29 is 23.1 Å². The van der Waals surface area contributed by atoms with Gasteiger partial charge < -0.3 is 4.74 Å². The van der Waals surface area contributed by atoms with Crippen LogP contribution in [0.3, 0.4) is 0 Å². The Morgan fingerprint density at radius 1 is 1.35 bits per heavy atom. The number of ether oxygens (including phenoxy) is 1. The summed E-state index contributed by atoms with van der Waals surface area (Å²) in [4.78, 5) is 24.4. The van der Waals surface area contributed by atoms with E-state index < -0.39 is 17.6 Å². The zero-order valence-electron chi connectivity index (χ0n) is 12.4. The second-order valence-electron chi connectivity index (χ2n) is 5.04. The van der Waals surface area contributed by atoms with Gasteiger partial charge in [0.2, 0.25) is 5.91 Å². The molecule has 0 spiro atoms. The fourth-order valence-electron chi connectivity index (χ4n) is 2.46. The number of benzene rings is 1. The smallest absolute Gasteiger partial charge is 0.341 e. The summed E-state index contributed by atoms with van der Waals surface area (Å²) in [5.74, 6) is -2.74. The number of esters is 1. The third kappa shape index (κ3) is 2.55. The van der Waals surface area contributed by atoms with Crippen LogP contribution < -0.4 is 0 Å².